The van der Waals surface area contributed by atoms with Crippen LogP contribution in [0.25, 0.3) is 6.08 Å². The van der Waals surface area contributed by atoms with Crippen molar-refractivity contribution in [3.05, 3.63) is 52.7 Å². The average Bonchev–Trinajstić information content (AvgIpc) is 3.23. The van der Waals surface area contributed by atoms with E-state index in [-0.39, 0.29) is 23.9 Å². The number of aliphatic hydroxyl groups excluding tert-OH is 1. The Morgan fingerprint density at radius 2 is 1.86 bits per heavy atom. The van der Waals surface area contributed by atoms with E-state index in [1.165, 1.54) is 9.80 Å². The highest BCUT2D eigenvalue weighted by Gasteiger charge is 2.33. The van der Waals surface area contributed by atoms with E-state index in [1.807, 2.05) is 13.0 Å². The predicted octanol–water partition coefficient (Wildman–Crippen LogP) is -0.814. The normalized spacial score (nSPS) is 23.1. The molecule has 1 fully saturated rings. The number of carbonyl (C=O) groups excluding carboxylic acids is 1. The van der Waals surface area contributed by atoms with Crippen molar-refractivity contribution in [3.63, 3.8) is 0 Å². The molecule has 0 unspecified atom stereocenters. The van der Waals surface area contributed by atoms with Crippen molar-refractivity contribution in [2.75, 3.05) is 39.3 Å². The van der Waals surface area contributed by atoms with Gasteiger partial charge in [0.15, 0.2) is 11.5 Å². The van der Waals surface area contributed by atoms with Gasteiger partial charge in [-0.25, -0.2) is 0 Å². The van der Waals surface area contributed by atoms with Crippen LogP contribution in [0, 0.1) is 6.92 Å². The summed E-state index contributed by atoms with van der Waals surface area (Å²) in [5.74, 6) is 1.95. The van der Waals surface area contributed by atoms with Gasteiger partial charge in [0.2, 0.25) is 5.78 Å². The van der Waals surface area contributed by atoms with Crippen molar-refractivity contribution in [1.82, 2.24) is 0 Å². The number of phenols is 1. The number of quaternary nitrogens is 2. The van der Waals surface area contributed by atoms with E-state index in [2.05, 4.69) is 0 Å². The number of allylic oxidation sites excluding steroid dienone is 1. The van der Waals surface area contributed by atoms with E-state index in [9.17, 15) is 9.90 Å². The van der Waals surface area contributed by atoms with Crippen LogP contribution in [0.15, 0.2) is 34.4 Å². The summed E-state index contributed by atoms with van der Waals surface area (Å²) in [6.45, 7) is 7.27. The fraction of sp³-hybridized carbons (Fsp3) is 0.381. The lowest BCUT2D eigenvalue weighted by molar-refractivity contribution is -1.02. The lowest BCUT2D eigenvalue weighted by Gasteiger charge is -2.29. The molecule has 3 heterocycles. The fourth-order valence-electron chi connectivity index (χ4n) is 3.92. The summed E-state index contributed by atoms with van der Waals surface area (Å²) in [7, 11) is 0. The number of furan rings is 1. The number of hydrogen-bond acceptors (Lipinski definition) is 5. The maximum Gasteiger partial charge on any atom is 0.232 e. The molecule has 2 aliphatic rings. The number of fused-ring (bicyclic) bond motifs is 1. The Kier molecular flexibility index (Phi) is 5.21. The number of hydrogen-bond donors (Lipinski definition) is 4. The van der Waals surface area contributed by atoms with Crippen LogP contribution >= 0.6 is 0 Å². The zero-order valence-corrected chi connectivity index (χ0v) is 16.0. The first kappa shape index (κ1) is 18.7. The molecule has 1 aromatic carbocycles. The predicted molar refractivity (Wildman–Crippen MR) is 102 cm³/mol. The zero-order chi connectivity index (χ0) is 19.7. The van der Waals surface area contributed by atoms with Crippen LogP contribution < -0.4 is 14.5 Å². The molecule has 0 radical (unpaired) electrons. The Morgan fingerprint density at radius 1 is 1.11 bits per heavy atom. The summed E-state index contributed by atoms with van der Waals surface area (Å²) >= 11 is 0. The molecule has 1 saturated heterocycles. The number of aliphatic hydroxyl groups is 1. The van der Waals surface area contributed by atoms with E-state index in [4.69, 9.17) is 14.3 Å². The van der Waals surface area contributed by atoms with Crippen molar-refractivity contribution in [3.8, 4) is 11.5 Å². The highest BCUT2D eigenvalue weighted by Crippen LogP contribution is 2.39. The fourth-order valence-corrected chi connectivity index (χ4v) is 3.92. The van der Waals surface area contributed by atoms with Gasteiger partial charge in [-0.1, -0.05) is 0 Å². The summed E-state index contributed by atoms with van der Waals surface area (Å²) < 4.78 is 11.4. The lowest BCUT2D eigenvalue weighted by Crippen LogP contribution is -3.27. The van der Waals surface area contributed by atoms with Crippen LogP contribution in [0.3, 0.4) is 0 Å². The van der Waals surface area contributed by atoms with Gasteiger partial charge in [0.1, 0.15) is 56.5 Å². The lowest BCUT2D eigenvalue weighted by atomic mass is 10.0. The molecule has 4 rings (SSSR count). The van der Waals surface area contributed by atoms with Crippen LogP contribution in [-0.2, 0) is 6.54 Å². The number of nitrogens with one attached hydrogen (secondary N) is 2. The van der Waals surface area contributed by atoms with Crippen LogP contribution in [0.5, 0.6) is 11.5 Å². The summed E-state index contributed by atoms with van der Waals surface area (Å²) in [4.78, 5) is 15.5. The molecule has 148 valence electrons. The van der Waals surface area contributed by atoms with Gasteiger partial charge in [-0.05, 0) is 31.2 Å². The highest BCUT2D eigenvalue weighted by molar-refractivity contribution is 6.14. The van der Waals surface area contributed by atoms with E-state index >= 15 is 0 Å². The molecule has 7 nitrogen and oxygen atoms in total. The van der Waals surface area contributed by atoms with E-state index in [1.54, 1.807) is 24.3 Å². The summed E-state index contributed by atoms with van der Waals surface area (Å²) in [6, 6.07) is 6.81. The quantitative estimate of drug-likeness (QED) is 0.505. The number of piperazine rings is 1. The molecule has 2 aliphatic heterocycles. The Hall–Kier alpha value is -2.61. The molecule has 0 aliphatic carbocycles. The summed E-state index contributed by atoms with van der Waals surface area (Å²) in [5, 5.41) is 19.5. The van der Waals surface area contributed by atoms with Crippen molar-refractivity contribution in [2.24, 2.45) is 0 Å². The number of ether oxygens (including phenoxy) is 1. The third-order valence-corrected chi connectivity index (χ3v) is 5.51. The van der Waals surface area contributed by atoms with Gasteiger partial charge in [-0.15, -0.1) is 0 Å². The van der Waals surface area contributed by atoms with Gasteiger partial charge < -0.3 is 29.2 Å². The molecular weight excluding hydrogens is 360 g/mol. The maximum atomic E-state index is 12.7. The Labute approximate surface area is 163 Å². The van der Waals surface area contributed by atoms with E-state index in [0.717, 1.165) is 38.5 Å². The zero-order valence-electron chi connectivity index (χ0n) is 16.0. The second kappa shape index (κ2) is 7.79. The number of Topliss-reactive ketones (excluding diaryl/α,β-unsaturated/α-hetero) is 1. The first-order valence-electron chi connectivity index (χ1n) is 9.68. The summed E-state index contributed by atoms with van der Waals surface area (Å²) in [6.07, 6.45) is 1.60. The standard InChI is InChI=1S/C21H24N2O5/c1-14-2-3-15(27-14)12-19-20(26)16-4-5-18(25)17(21(16)28-19)13-23-8-6-22(7-9-23)10-11-24/h2-5,12,24-25H,6-11,13H2,1H3/p+2/b19-12-. The second-order valence-corrected chi connectivity index (χ2v) is 7.48. The van der Waals surface area contributed by atoms with Crippen molar-refractivity contribution in [1.29, 1.82) is 0 Å². The molecule has 0 atom stereocenters. The Balaban J connectivity index is 1.54. The number of aromatic hydroxyl groups is 1. The minimum Gasteiger partial charge on any atom is -0.507 e. The molecule has 7 heteroatoms. The van der Waals surface area contributed by atoms with Crippen molar-refractivity contribution in [2.45, 2.75) is 13.5 Å². The van der Waals surface area contributed by atoms with Crippen LogP contribution in [0.2, 0.25) is 0 Å². The number of benzene rings is 1. The molecular formula is C21H26N2O5+2. The minimum absolute atomic E-state index is 0.152. The maximum absolute atomic E-state index is 12.7. The Bertz CT molecular complexity index is 910. The van der Waals surface area contributed by atoms with Gasteiger partial charge in [0.05, 0.1) is 17.7 Å². The largest absolute Gasteiger partial charge is 0.507 e. The molecule has 4 N–H and O–H groups in total. The molecule has 0 saturated carbocycles. The number of ketones is 1. The molecule has 0 amide bonds. The average molecular weight is 386 g/mol. The highest BCUT2D eigenvalue weighted by atomic mass is 16.5. The second-order valence-electron chi connectivity index (χ2n) is 7.48. The molecule has 0 bridgehead atoms. The van der Waals surface area contributed by atoms with Crippen LogP contribution in [-0.4, -0.2) is 55.3 Å². The number of phenolic OH excluding ortho intramolecular Hbond substituents is 1. The molecule has 28 heavy (non-hydrogen) atoms. The summed E-state index contributed by atoms with van der Waals surface area (Å²) in [5.41, 5.74) is 1.15. The monoisotopic (exact) mass is 386 g/mol. The first-order chi connectivity index (χ1) is 13.5. The third kappa shape index (κ3) is 3.69. The number of aryl methyl sites for hydroxylation is 1. The Morgan fingerprint density at radius 3 is 2.54 bits per heavy atom. The van der Waals surface area contributed by atoms with Gasteiger partial charge in [-0.3, -0.25) is 4.79 Å². The van der Waals surface area contributed by atoms with Gasteiger partial charge in [-0.2, -0.15) is 0 Å². The van der Waals surface area contributed by atoms with Crippen LogP contribution in [0.4, 0.5) is 0 Å². The van der Waals surface area contributed by atoms with E-state index < -0.39 is 0 Å². The van der Waals surface area contributed by atoms with Crippen molar-refractivity contribution >= 4 is 11.9 Å². The smallest absolute Gasteiger partial charge is 0.232 e. The van der Waals surface area contributed by atoms with Gasteiger partial charge >= 0.3 is 0 Å². The van der Waals surface area contributed by atoms with Gasteiger partial charge in [0, 0.05) is 6.08 Å². The molecule has 2 aromatic rings. The minimum atomic E-state index is -0.197. The molecule has 1 aromatic heterocycles. The third-order valence-electron chi connectivity index (χ3n) is 5.51. The topological polar surface area (TPSA) is 88.8 Å². The van der Waals surface area contributed by atoms with Gasteiger partial charge in [0.25, 0.3) is 0 Å². The first-order valence-corrected chi connectivity index (χ1v) is 9.68. The van der Waals surface area contributed by atoms with Crippen molar-refractivity contribution < 1.29 is 34.0 Å². The number of carbonyl (C=O) groups is 1. The number of rotatable bonds is 5. The molecule has 0 spiro atoms. The SMILES string of the molecule is Cc1ccc(/C=C2\Oc3c(ccc(O)c3C[NH+]3CC[NH+](CCO)CC3)C2=O)o1. The van der Waals surface area contributed by atoms with E-state index in [0.29, 0.717) is 29.2 Å². The van der Waals surface area contributed by atoms with Crippen LogP contribution in [0.1, 0.15) is 27.4 Å².